The number of rotatable bonds is 3. The largest absolute Gasteiger partial charge is 0.508 e. The first-order chi connectivity index (χ1) is 9.77. The summed E-state index contributed by atoms with van der Waals surface area (Å²) in [5.41, 5.74) is 2.34. The molecule has 2 aromatic carbocycles. The summed E-state index contributed by atoms with van der Waals surface area (Å²) in [6.07, 6.45) is 0. The van der Waals surface area contributed by atoms with Crippen LogP contribution in [0.1, 0.15) is 36.1 Å². The lowest BCUT2D eigenvalue weighted by atomic mass is 9.77. The molecule has 0 heterocycles. The molecular formula is C17H20O4. The predicted octanol–water partition coefficient (Wildman–Crippen LogP) is 2.93. The van der Waals surface area contributed by atoms with Gasteiger partial charge in [-0.3, -0.25) is 0 Å². The van der Waals surface area contributed by atoms with Crippen LogP contribution in [-0.4, -0.2) is 20.4 Å². The maximum absolute atomic E-state index is 9.82. The van der Waals surface area contributed by atoms with Crippen LogP contribution in [0, 0.1) is 6.92 Å². The molecule has 0 unspecified atom stereocenters. The van der Waals surface area contributed by atoms with E-state index in [4.69, 9.17) is 0 Å². The molecule has 0 bridgehead atoms. The van der Waals surface area contributed by atoms with E-state index in [1.54, 1.807) is 12.1 Å². The molecule has 4 N–H and O–H groups in total. The van der Waals surface area contributed by atoms with Gasteiger partial charge < -0.3 is 20.4 Å². The topological polar surface area (TPSA) is 80.9 Å². The van der Waals surface area contributed by atoms with Gasteiger partial charge in [-0.15, -0.1) is 0 Å². The summed E-state index contributed by atoms with van der Waals surface area (Å²) in [4.78, 5) is 0. The van der Waals surface area contributed by atoms with Crippen molar-refractivity contribution < 1.29 is 20.4 Å². The van der Waals surface area contributed by atoms with Crippen LogP contribution < -0.4 is 0 Å². The zero-order valence-corrected chi connectivity index (χ0v) is 12.4. The lowest BCUT2D eigenvalue weighted by Gasteiger charge is -2.27. The van der Waals surface area contributed by atoms with Gasteiger partial charge >= 0.3 is 0 Å². The van der Waals surface area contributed by atoms with E-state index >= 15 is 0 Å². The standard InChI is InChI=1S/C17H20O4/c1-10-6-12(4-5-14(10)19)17(2,3)13-7-11(9-18)16(21)15(20)8-13/h4-8,18-21H,9H2,1-3H3. The molecule has 0 atom stereocenters. The summed E-state index contributed by atoms with van der Waals surface area (Å²) >= 11 is 0. The Balaban J connectivity index is 2.57. The summed E-state index contributed by atoms with van der Waals surface area (Å²) in [7, 11) is 0. The van der Waals surface area contributed by atoms with Crippen molar-refractivity contribution in [2.24, 2.45) is 0 Å². The molecule has 4 heteroatoms. The Morgan fingerprint density at radius 3 is 2.14 bits per heavy atom. The van der Waals surface area contributed by atoms with E-state index in [2.05, 4.69) is 0 Å². The molecule has 0 aromatic heterocycles. The highest BCUT2D eigenvalue weighted by Gasteiger charge is 2.26. The summed E-state index contributed by atoms with van der Waals surface area (Å²) in [5, 5.41) is 38.4. The van der Waals surface area contributed by atoms with Crippen molar-refractivity contribution in [3.63, 3.8) is 0 Å². The van der Waals surface area contributed by atoms with Crippen LogP contribution >= 0.6 is 0 Å². The lowest BCUT2D eigenvalue weighted by molar-refractivity contribution is 0.272. The van der Waals surface area contributed by atoms with Crippen molar-refractivity contribution in [2.45, 2.75) is 32.8 Å². The third-order valence-corrected chi connectivity index (χ3v) is 3.98. The third kappa shape index (κ3) is 2.67. The molecule has 0 aliphatic heterocycles. The second-order valence-electron chi connectivity index (χ2n) is 5.79. The Kier molecular flexibility index (Phi) is 3.83. The second kappa shape index (κ2) is 5.30. The summed E-state index contributed by atoms with van der Waals surface area (Å²) < 4.78 is 0. The number of hydrogen-bond acceptors (Lipinski definition) is 4. The highest BCUT2D eigenvalue weighted by molar-refractivity contribution is 5.52. The molecule has 0 radical (unpaired) electrons. The van der Waals surface area contributed by atoms with Crippen molar-refractivity contribution in [3.8, 4) is 17.2 Å². The molecule has 4 nitrogen and oxygen atoms in total. The van der Waals surface area contributed by atoms with Gasteiger partial charge in [0.25, 0.3) is 0 Å². The average Bonchev–Trinajstić information content (AvgIpc) is 2.44. The van der Waals surface area contributed by atoms with Crippen LogP contribution in [-0.2, 0) is 12.0 Å². The van der Waals surface area contributed by atoms with Crippen LogP contribution in [0.2, 0.25) is 0 Å². The van der Waals surface area contributed by atoms with E-state index in [9.17, 15) is 20.4 Å². The third-order valence-electron chi connectivity index (χ3n) is 3.98. The summed E-state index contributed by atoms with van der Waals surface area (Å²) in [6.45, 7) is 5.43. The first kappa shape index (κ1) is 15.2. The molecule has 21 heavy (non-hydrogen) atoms. The smallest absolute Gasteiger partial charge is 0.163 e. The van der Waals surface area contributed by atoms with E-state index in [0.29, 0.717) is 0 Å². The first-order valence-electron chi connectivity index (χ1n) is 6.73. The maximum atomic E-state index is 9.82. The zero-order chi connectivity index (χ0) is 15.8. The molecule has 2 rings (SSSR count). The van der Waals surface area contributed by atoms with Gasteiger partial charge in [0.2, 0.25) is 0 Å². The van der Waals surface area contributed by atoms with E-state index in [0.717, 1.165) is 16.7 Å². The summed E-state index contributed by atoms with van der Waals surface area (Å²) in [5.74, 6) is -0.307. The van der Waals surface area contributed by atoms with Crippen molar-refractivity contribution >= 4 is 0 Å². The van der Waals surface area contributed by atoms with Gasteiger partial charge in [-0.05, 0) is 41.8 Å². The highest BCUT2D eigenvalue weighted by Crippen LogP contribution is 2.39. The van der Waals surface area contributed by atoms with Gasteiger partial charge in [-0.25, -0.2) is 0 Å². The Hall–Kier alpha value is -2.20. The van der Waals surface area contributed by atoms with E-state index < -0.39 is 5.41 Å². The number of benzene rings is 2. The molecule has 0 aliphatic rings. The van der Waals surface area contributed by atoms with Crippen molar-refractivity contribution in [1.82, 2.24) is 0 Å². The number of hydrogen-bond donors (Lipinski definition) is 4. The van der Waals surface area contributed by atoms with Gasteiger partial charge in [0.05, 0.1) is 6.61 Å². The van der Waals surface area contributed by atoms with Crippen molar-refractivity contribution in [2.75, 3.05) is 0 Å². The quantitative estimate of drug-likeness (QED) is 0.655. The molecule has 0 saturated heterocycles. The van der Waals surface area contributed by atoms with Gasteiger partial charge in [0, 0.05) is 11.0 Å². The van der Waals surface area contributed by atoms with E-state index in [1.165, 1.54) is 6.07 Å². The summed E-state index contributed by atoms with van der Waals surface area (Å²) in [6, 6.07) is 8.52. The number of phenols is 3. The fourth-order valence-electron chi connectivity index (χ4n) is 2.37. The van der Waals surface area contributed by atoms with Crippen molar-refractivity contribution in [1.29, 1.82) is 0 Å². The number of aliphatic hydroxyl groups is 1. The van der Waals surface area contributed by atoms with Crippen LogP contribution in [0.15, 0.2) is 30.3 Å². The van der Waals surface area contributed by atoms with Gasteiger partial charge in [0.15, 0.2) is 11.5 Å². The SMILES string of the molecule is Cc1cc(C(C)(C)c2cc(O)c(O)c(CO)c2)ccc1O. The number of aryl methyl sites for hydroxylation is 1. The lowest BCUT2D eigenvalue weighted by Crippen LogP contribution is -2.19. The van der Waals surface area contributed by atoms with Crippen LogP contribution in [0.4, 0.5) is 0 Å². The van der Waals surface area contributed by atoms with Gasteiger partial charge in [-0.1, -0.05) is 26.0 Å². The van der Waals surface area contributed by atoms with Gasteiger partial charge in [-0.2, -0.15) is 0 Å². The highest BCUT2D eigenvalue weighted by atomic mass is 16.3. The van der Waals surface area contributed by atoms with Gasteiger partial charge in [0.1, 0.15) is 5.75 Å². The average molecular weight is 288 g/mol. The van der Waals surface area contributed by atoms with Crippen LogP contribution in [0.5, 0.6) is 17.2 Å². The number of phenolic OH excluding ortho intramolecular Hbond substituents is 2. The molecule has 2 aromatic rings. The zero-order valence-electron chi connectivity index (χ0n) is 12.4. The molecule has 0 saturated carbocycles. The second-order valence-corrected chi connectivity index (χ2v) is 5.79. The van der Waals surface area contributed by atoms with Crippen molar-refractivity contribution in [3.05, 3.63) is 52.6 Å². The fraction of sp³-hybridized carbons (Fsp3) is 0.294. The molecule has 0 aliphatic carbocycles. The minimum absolute atomic E-state index is 0.235. The number of aromatic hydroxyl groups is 3. The molecule has 0 spiro atoms. The molecule has 0 amide bonds. The molecule has 112 valence electrons. The van der Waals surface area contributed by atoms with Crippen LogP contribution in [0.3, 0.4) is 0 Å². The van der Waals surface area contributed by atoms with Crippen LogP contribution in [0.25, 0.3) is 0 Å². The maximum Gasteiger partial charge on any atom is 0.163 e. The molecule has 0 fully saturated rings. The fourth-order valence-corrected chi connectivity index (χ4v) is 2.37. The number of aliphatic hydroxyl groups excluding tert-OH is 1. The predicted molar refractivity (Wildman–Crippen MR) is 80.7 cm³/mol. The Labute approximate surface area is 123 Å². The monoisotopic (exact) mass is 288 g/mol. The Morgan fingerprint density at radius 2 is 1.57 bits per heavy atom. The van der Waals surface area contributed by atoms with E-state index in [-0.39, 0.29) is 29.4 Å². The van der Waals surface area contributed by atoms with E-state index in [1.807, 2.05) is 32.9 Å². The molecular weight excluding hydrogens is 268 g/mol. The Morgan fingerprint density at radius 1 is 0.905 bits per heavy atom. The minimum atomic E-state index is -0.451. The first-order valence-corrected chi connectivity index (χ1v) is 6.73. The Bertz CT molecular complexity index is 675. The normalized spacial score (nSPS) is 11.6. The minimum Gasteiger partial charge on any atom is -0.508 e.